The fourth-order valence-electron chi connectivity index (χ4n) is 2.59. The number of benzene rings is 2. The van der Waals surface area contributed by atoms with Gasteiger partial charge in [0.15, 0.2) is 0 Å². The highest BCUT2D eigenvalue weighted by Crippen LogP contribution is 2.15. The van der Waals surface area contributed by atoms with Gasteiger partial charge in [-0.25, -0.2) is 4.79 Å². The Morgan fingerprint density at radius 3 is 2.04 bits per heavy atom. The minimum Gasteiger partial charge on any atom is -0.497 e. The average molecular weight is 341 g/mol. The topological polar surface area (TPSA) is 47.6 Å². The van der Waals surface area contributed by atoms with E-state index in [1.807, 2.05) is 63.2 Å². The van der Waals surface area contributed by atoms with Crippen molar-refractivity contribution in [2.45, 2.75) is 45.3 Å². The molecule has 1 amide bonds. The molecule has 0 aromatic heterocycles. The number of nitrogens with one attached hydrogen (secondary N) is 1. The molecule has 25 heavy (non-hydrogen) atoms. The van der Waals surface area contributed by atoms with Crippen LogP contribution in [0.4, 0.5) is 4.79 Å². The molecular formula is C21H27NO3. The molecule has 0 aliphatic carbocycles. The molecule has 4 nitrogen and oxygen atoms in total. The lowest BCUT2D eigenvalue weighted by Gasteiger charge is -2.24. The predicted octanol–water partition coefficient (Wildman–Crippen LogP) is 4.37. The summed E-state index contributed by atoms with van der Waals surface area (Å²) in [6, 6.07) is 18.0. The van der Waals surface area contributed by atoms with Gasteiger partial charge in [0.05, 0.1) is 7.11 Å². The second-order valence-corrected chi connectivity index (χ2v) is 7.09. The van der Waals surface area contributed by atoms with Gasteiger partial charge in [-0.3, -0.25) is 0 Å². The summed E-state index contributed by atoms with van der Waals surface area (Å²) in [5.41, 5.74) is 1.80. The molecule has 0 spiro atoms. The van der Waals surface area contributed by atoms with Crippen LogP contribution in [0.3, 0.4) is 0 Å². The van der Waals surface area contributed by atoms with Crippen LogP contribution in [0.15, 0.2) is 54.6 Å². The van der Waals surface area contributed by atoms with Crippen molar-refractivity contribution in [1.29, 1.82) is 0 Å². The van der Waals surface area contributed by atoms with Gasteiger partial charge in [0.25, 0.3) is 0 Å². The van der Waals surface area contributed by atoms with Gasteiger partial charge in [-0.1, -0.05) is 42.5 Å². The van der Waals surface area contributed by atoms with E-state index in [2.05, 4.69) is 17.4 Å². The molecule has 0 saturated heterocycles. The molecule has 2 aromatic carbocycles. The first-order valence-electron chi connectivity index (χ1n) is 8.52. The first-order chi connectivity index (χ1) is 11.9. The molecule has 0 saturated carbocycles. The maximum atomic E-state index is 12.2. The second kappa shape index (κ2) is 8.56. The SMILES string of the molecule is COc1ccc(CC(Cc2ccccc2)NC(=O)OC(C)(C)C)cc1. The number of hydrogen-bond acceptors (Lipinski definition) is 3. The largest absolute Gasteiger partial charge is 0.497 e. The Labute approximate surface area is 150 Å². The van der Waals surface area contributed by atoms with E-state index in [1.54, 1.807) is 7.11 Å². The zero-order chi connectivity index (χ0) is 18.3. The van der Waals surface area contributed by atoms with Crippen LogP contribution in [0.2, 0.25) is 0 Å². The molecule has 0 aliphatic heterocycles. The number of alkyl carbamates (subject to hydrolysis) is 1. The van der Waals surface area contributed by atoms with E-state index in [0.717, 1.165) is 24.2 Å². The van der Waals surface area contributed by atoms with Crippen LogP contribution in [0, 0.1) is 0 Å². The van der Waals surface area contributed by atoms with Crippen LogP contribution in [-0.2, 0) is 17.6 Å². The zero-order valence-electron chi connectivity index (χ0n) is 15.4. The molecule has 4 heteroatoms. The first-order valence-corrected chi connectivity index (χ1v) is 8.52. The van der Waals surface area contributed by atoms with Crippen LogP contribution < -0.4 is 10.1 Å². The van der Waals surface area contributed by atoms with E-state index in [4.69, 9.17) is 9.47 Å². The average Bonchev–Trinajstić information content (AvgIpc) is 2.54. The number of carbonyl (C=O) groups excluding carboxylic acids is 1. The fourth-order valence-corrected chi connectivity index (χ4v) is 2.59. The van der Waals surface area contributed by atoms with E-state index in [9.17, 15) is 4.79 Å². The van der Waals surface area contributed by atoms with Gasteiger partial charge in [0.2, 0.25) is 0 Å². The maximum Gasteiger partial charge on any atom is 0.407 e. The van der Waals surface area contributed by atoms with Crippen LogP contribution in [0.1, 0.15) is 31.9 Å². The highest BCUT2D eigenvalue weighted by molar-refractivity contribution is 5.68. The van der Waals surface area contributed by atoms with Gasteiger partial charge in [-0.15, -0.1) is 0 Å². The molecule has 0 radical (unpaired) electrons. The molecule has 2 aromatic rings. The molecule has 0 aliphatic rings. The fraction of sp³-hybridized carbons (Fsp3) is 0.381. The van der Waals surface area contributed by atoms with Gasteiger partial charge in [0.1, 0.15) is 11.4 Å². The third kappa shape index (κ3) is 6.87. The number of methoxy groups -OCH3 is 1. The summed E-state index contributed by atoms with van der Waals surface area (Å²) in [5.74, 6) is 0.823. The zero-order valence-corrected chi connectivity index (χ0v) is 15.4. The molecule has 0 bridgehead atoms. The molecule has 2 rings (SSSR count). The van der Waals surface area contributed by atoms with Crippen molar-refractivity contribution >= 4 is 6.09 Å². The number of carbonyl (C=O) groups is 1. The van der Waals surface area contributed by atoms with E-state index in [0.29, 0.717) is 0 Å². The Balaban J connectivity index is 2.08. The summed E-state index contributed by atoms with van der Waals surface area (Å²) in [4.78, 5) is 12.2. The molecule has 134 valence electrons. The summed E-state index contributed by atoms with van der Waals surface area (Å²) in [6.45, 7) is 5.59. The van der Waals surface area contributed by atoms with Crippen LogP contribution in [0.25, 0.3) is 0 Å². The lowest BCUT2D eigenvalue weighted by atomic mass is 9.99. The Kier molecular flexibility index (Phi) is 6.45. The van der Waals surface area contributed by atoms with Crippen molar-refractivity contribution in [2.24, 2.45) is 0 Å². The van der Waals surface area contributed by atoms with Crippen LogP contribution >= 0.6 is 0 Å². The number of amides is 1. The predicted molar refractivity (Wildman–Crippen MR) is 100 cm³/mol. The van der Waals surface area contributed by atoms with Crippen molar-refractivity contribution in [1.82, 2.24) is 5.32 Å². The Bertz CT molecular complexity index is 660. The van der Waals surface area contributed by atoms with E-state index < -0.39 is 5.60 Å². The van der Waals surface area contributed by atoms with Crippen molar-refractivity contribution in [2.75, 3.05) is 7.11 Å². The molecule has 1 N–H and O–H groups in total. The Morgan fingerprint density at radius 2 is 1.52 bits per heavy atom. The highest BCUT2D eigenvalue weighted by Gasteiger charge is 2.20. The maximum absolute atomic E-state index is 12.2. The Hall–Kier alpha value is -2.49. The summed E-state index contributed by atoms with van der Waals surface area (Å²) in [7, 11) is 1.65. The third-order valence-electron chi connectivity index (χ3n) is 3.69. The van der Waals surface area contributed by atoms with Crippen LogP contribution in [0.5, 0.6) is 5.75 Å². The standard InChI is InChI=1S/C21H27NO3/c1-21(2,3)25-20(23)22-18(14-16-8-6-5-7-9-16)15-17-10-12-19(24-4)13-11-17/h5-13,18H,14-15H2,1-4H3,(H,22,23). The summed E-state index contributed by atoms with van der Waals surface area (Å²) >= 11 is 0. The van der Waals surface area contributed by atoms with Crippen molar-refractivity contribution < 1.29 is 14.3 Å². The highest BCUT2D eigenvalue weighted by atomic mass is 16.6. The molecule has 1 unspecified atom stereocenters. The van der Waals surface area contributed by atoms with Crippen molar-refractivity contribution in [3.8, 4) is 5.75 Å². The second-order valence-electron chi connectivity index (χ2n) is 7.09. The van der Waals surface area contributed by atoms with Gasteiger partial charge in [-0.2, -0.15) is 0 Å². The minimum absolute atomic E-state index is 0.0503. The van der Waals surface area contributed by atoms with E-state index in [-0.39, 0.29) is 12.1 Å². The quantitative estimate of drug-likeness (QED) is 0.848. The molecule has 0 fully saturated rings. The molecule has 0 heterocycles. The monoisotopic (exact) mass is 341 g/mol. The minimum atomic E-state index is -0.512. The van der Waals surface area contributed by atoms with Crippen LogP contribution in [-0.4, -0.2) is 24.8 Å². The van der Waals surface area contributed by atoms with Gasteiger partial charge in [0, 0.05) is 6.04 Å². The van der Waals surface area contributed by atoms with Gasteiger partial charge >= 0.3 is 6.09 Å². The molecular weight excluding hydrogens is 314 g/mol. The normalized spacial score (nSPS) is 12.3. The Morgan fingerprint density at radius 1 is 0.960 bits per heavy atom. The van der Waals surface area contributed by atoms with Crippen molar-refractivity contribution in [3.63, 3.8) is 0 Å². The summed E-state index contributed by atoms with van der Waals surface area (Å²) in [5, 5.41) is 3.01. The molecule has 1 atom stereocenters. The van der Waals surface area contributed by atoms with Gasteiger partial charge in [-0.05, 0) is 56.9 Å². The lowest BCUT2D eigenvalue weighted by molar-refractivity contribution is 0.0504. The number of rotatable bonds is 6. The third-order valence-corrected chi connectivity index (χ3v) is 3.69. The van der Waals surface area contributed by atoms with E-state index in [1.165, 1.54) is 5.56 Å². The summed E-state index contributed by atoms with van der Waals surface area (Å²) in [6.07, 6.45) is 1.08. The lowest BCUT2D eigenvalue weighted by Crippen LogP contribution is -2.41. The van der Waals surface area contributed by atoms with Gasteiger partial charge < -0.3 is 14.8 Å². The smallest absolute Gasteiger partial charge is 0.407 e. The first kappa shape index (κ1) is 18.8. The van der Waals surface area contributed by atoms with E-state index >= 15 is 0 Å². The summed E-state index contributed by atoms with van der Waals surface area (Å²) < 4.78 is 10.6. The van der Waals surface area contributed by atoms with Crippen molar-refractivity contribution in [3.05, 3.63) is 65.7 Å². The number of hydrogen-bond donors (Lipinski definition) is 1. The number of ether oxygens (including phenoxy) is 2.